The van der Waals surface area contributed by atoms with Crippen molar-refractivity contribution in [3.8, 4) is 0 Å². The predicted octanol–water partition coefficient (Wildman–Crippen LogP) is 4.17. The Kier molecular flexibility index (Phi) is 3.66. The first-order valence-corrected chi connectivity index (χ1v) is 7.21. The molecule has 0 bridgehead atoms. The van der Waals surface area contributed by atoms with Gasteiger partial charge in [0, 0.05) is 28.0 Å². The summed E-state index contributed by atoms with van der Waals surface area (Å²) < 4.78 is 0. The first kappa shape index (κ1) is 14.0. The van der Waals surface area contributed by atoms with Crippen LogP contribution in [0.15, 0.2) is 36.4 Å². The van der Waals surface area contributed by atoms with Gasteiger partial charge < -0.3 is 11.1 Å². The van der Waals surface area contributed by atoms with Crippen LogP contribution in [0.5, 0.6) is 0 Å². The third kappa shape index (κ3) is 2.91. The van der Waals surface area contributed by atoms with Gasteiger partial charge in [-0.05, 0) is 42.3 Å². The van der Waals surface area contributed by atoms with Crippen LogP contribution in [0.25, 0.3) is 0 Å². The van der Waals surface area contributed by atoms with Crippen LogP contribution in [-0.4, -0.2) is 12.6 Å². The summed E-state index contributed by atoms with van der Waals surface area (Å²) in [5.74, 6) is 0. The highest BCUT2D eigenvalue weighted by molar-refractivity contribution is 6.35. The fraction of sp³-hybridized carbons (Fsp3) is 0.133. The van der Waals surface area contributed by atoms with E-state index in [0.717, 1.165) is 17.7 Å². The summed E-state index contributed by atoms with van der Waals surface area (Å²) in [5, 5.41) is 3.75. The van der Waals surface area contributed by atoms with Crippen molar-refractivity contribution in [3.05, 3.63) is 52.0 Å². The lowest BCUT2D eigenvalue weighted by molar-refractivity contribution is 0.257. The number of nitrogens with two attached hydrogens (primary N) is 1. The zero-order valence-corrected chi connectivity index (χ0v) is 12.6. The monoisotopic (exact) mass is 321 g/mol. The average molecular weight is 322 g/mol. The van der Waals surface area contributed by atoms with Gasteiger partial charge >= 0.3 is 6.03 Å². The van der Waals surface area contributed by atoms with Crippen molar-refractivity contribution in [2.75, 3.05) is 22.5 Å². The predicted molar refractivity (Wildman–Crippen MR) is 87.4 cm³/mol. The van der Waals surface area contributed by atoms with Crippen LogP contribution in [0, 0.1) is 0 Å². The highest BCUT2D eigenvalue weighted by Gasteiger charge is 2.24. The summed E-state index contributed by atoms with van der Waals surface area (Å²) in [5.41, 5.74) is 8.96. The van der Waals surface area contributed by atoms with Crippen LogP contribution < -0.4 is 16.0 Å². The number of carbonyl (C=O) groups excluding carboxylic acids is 1. The van der Waals surface area contributed by atoms with E-state index in [1.165, 1.54) is 0 Å². The summed E-state index contributed by atoms with van der Waals surface area (Å²) in [6, 6.07) is 10.3. The molecule has 3 N–H and O–H groups in total. The Bertz CT molecular complexity index is 698. The molecule has 0 unspecified atom stereocenters. The number of rotatable bonds is 1. The zero-order valence-electron chi connectivity index (χ0n) is 11.1. The van der Waals surface area contributed by atoms with Gasteiger partial charge in [-0.1, -0.05) is 29.3 Å². The van der Waals surface area contributed by atoms with Crippen LogP contribution in [-0.2, 0) is 6.42 Å². The summed E-state index contributed by atoms with van der Waals surface area (Å²) in [6.07, 6.45) is 0.819. The van der Waals surface area contributed by atoms with Gasteiger partial charge in [-0.25, -0.2) is 4.79 Å². The van der Waals surface area contributed by atoms with Crippen molar-refractivity contribution >= 4 is 46.3 Å². The molecule has 2 amide bonds. The molecular formula is C15H13Cl2N3O. The number of hydrogen-bond acceptors (Lipinski definition) is 2. The van der Waals surface area contributed by atoms with Crippen LogP contribution in [0.2, 0.25) is 10.0 Å². The van der Waals surface area contributed by atoms with E-state index in [0.29, 0.717) is 28.0 Å². The molecule has 0 saturated heterocycles. The number of halogens is 2. The lowest BCUT2D eigenvalue weighted by atomic mass is 10.1. The molecule has 0 aliphatic carbocycles. The molecular weight excluding hydrogens is 309 g/mol. The molecule has 0 spiro atoms. The Labute approximate surface area is 132 Å². The maximum absolute atomic E-state index is 12.4. The maximum atomic E-state index is 12.4. The Morgan fingerprint density at radius 2 is 1.86 bits per heavy atom. The number of hydrogen-bond donors (Lipinski definition) is 2. The Morgan fingerprint density at radius 1 is 1.14 bits per heavy atom. The molecule has 1 aliphatic heterocycles. The Hall–Kier alpha value is -1.91. The second kappa shape index (κ2) is 5.47. The number of urea groups is 1. The van der Waals surface area contributed by atoms with Crippen molar-refractivity contribution in [2.45, 2.75) is 6.42 Å². The molecule has 0 fully saturated rings. The third-order valence-corrected chi connectivity index (χ3v) is 3.80. The summed E-state index contributed by atoms with van der Waals surface area (Å²) in [6.45, 7) is 0.624. The van der Waals surface area contributed by atoms with Crippen LogP contribution in [0.4, 0.5) is 21.9 Å². The molecule has 3 rings (SSSR count). The van der Waals surface area contributed by atoms with E-state index >= 15 is 0 Å². The summed E-state index contributed by atoms with van der Waals surface area (Å²) >= 11 is 11.9. The largest absolute Gasteiger partial charge is 0.399 e. The van der Waals surface area contributed by atoms with Gasteiger partial charge in [-0.15, -0.1) is 0 Å². The standard InChI is InChI=1S/C15H13Cl2N3O/c16-10-5-11(17)7-13(6-10)19-15(21)20-4-3-9-1-2-12(18)8-14(9)20/h1-2,5-8H,3-4,18H2,(H,19,21). The molecule has 0 saturated carbocycles. The van der Waals surface area contributed by atoms with Gasteiger partial charge in [0.05, 0.1) is 5.69 Å². The topological polar surface area (TPSA) is 58.4 Å². The Morgan fingerprint density at radius 3 is 2.57 bits per heavy atom. The van der Waals surface area contributed by atoms with Gasteiger partial charge in [0.15, 0.2) is 0 Å². The molecule has 0 aromatic heterocycles. The number of nitrogens with one attached hydrogen (secondary N) is 1. The third-order valence-electron chi connectivity index (χ3n) is 3.36. The van der Waals surface area contributed by atoms with Crippen molar-refractivity contribution in [3.63, 3.8) is 0 Å². The molecule has 2 aromatic carbocycles. The normalized spacial score (nSPS) is 13.1. The molecule has 6 heteroatoms. The summed E-state index contributed by atoms with van der Waals surface area (Å²) in [4.78, 5) is 14.1. The van der Waals surface area contributed by atoms with Crippen molar-refractivity contribution < 1.29 is 4.79 Å². The van der Waals surface area contributed by atoms with Gasteiger partial charge in [-0.3, -0.25) is 4.90 Å². The number of carbonyl (C=O) groups is 1. The van der Waals surface area contributed by atoms with E-state index in [2.05, 4.69) is 5.32 Å². The number of fused-ring (bicyclic) bond motifs is 1. The van der Waals surface area contributed by atoms with Crippen LogP contribution >= 0.6 is 23.2 Å². The number of amides is 2. The molecule has 4 nitrogen and oxygen atoms in total. The zero-order chi connectivity index (χ0) is 15.0. The first-order valence-electron chi connectivity index (χ1n) is 6.46. The minimum atomic E-state index is -0.224. The first-order chi connectivity index (χ1) is 10.0. The van der Waals surface area contributed by atoms with Crippen LogP contribution in [0.3, 0.4) is 0 Å². The molecule has 0 atom stereocenters. The quantitative estimate of drug-likeness (QED) is 0.774. The van der Waals surface area contributed by atoms with Gasteiger partial charge in [0.2, 0.25) is 0 Å². The Balaban J connectivity index is 1.83. The molecule has 1 heterocycles. The highest BCUT2D eigenvalue weighted by atomic mass is 35.5. The van der Waals surface area contributed by atoms with E-state index in [9.17, 15) is 4.79 Å². The molecule has 21 heavy (non-hydrogen) atoms. The number of nitrogen functional groups attached to an aromatic ring is 1. The minimum absolute atomic E-state index is 0.224. The fourth-order valence-corrected chi connectivity index (χ4v) is 2.95. The lowest BCUT2D eigenvalue weighted by Gasteiger charge is -2.18. The highest BCUT2D eigenvalue weighted by Crippen LogP contribution is 2.31. The number of nitrogens with zero attached hydrogens (tertiary/aromatic N) is 1. The molecule has 0 radical (unpaired) electrons. The average Bonchev–Trinajstić information content (AvgIpc) is 2.80. The smallest absolute Gasteiger partial charge is 0.326 e. The van der Waals surface area contributed by atoms with Crippen molar-refractivity contribution in [1.29, 1.82) is 0 Å². The number of benzene rings is 2. The van der Waals surface area contributed by atoms with Gasteiger partial charge in [-0.2, -0.15) is 0 Å². The molecule has 2 aromatic rings. The fourth-order valence-electron chi connectivity index (χ4n) is 2.42. The minimum Gasteiger partial charge on any atom is -0.399 e. The lowest BCUT2D eigenvalue weighted by Crippen LogP contribution is -2.33. The maximum Gasteiger partial charge on any atom is 0.326 e. The SMILES string of the molecule is Nc1ccc2c(c1)N(C(=O)Nc1cc(Cl)cc(Cl)c1)CC2. The van der Waals surface area contributed by atoms with E-state index in [-0.39, 0.29) is 6.03 Å². The van der Waals surface area contributed by atoms with E-state index < -0.39 is 0 Å². The van der Waals surface area contributed by atoms with E-state index in [1.807, 2.05) is 18.2 Å². The number of anilines is 3. The van der Waals surface area contributed by atoms with Crippen LogP contribution in [0.1, 0.15) is 5.56 Å². The molecule has 1 aliphatic rings. The van der Waals surface area contributed by atoms with Gasteiger partial charge in [0.25, 0.3) is 0 Å². The second-order valence-corrected chi connectivity index (χ2v) is 5.75. The molecule has 108 valence electrons. The van der Waals surface area contributed by atoms with Crippen molar-refractivity contribution in [1.82, 2.24) is 0 Å². The van der Waals surface area contributed by atoms with Gasteiger partial charge in [0.1, 0.15) is 0 Å². The summed E-state index contributed by atoms with van der Waals surface area (Å²) in [7, 11) is 0. The van der Waals surface area contributed by atoms with E-state index in [4.69, 9.17) is 28.9 Å². The second-order valence-electron chi connectivity index (χ2n) is 4.88. The van der Waals surface area contributed by atoms with Crippen molar-refractivity contribution in [2.24, 2.45) is 0 Å². The van der Waals surface area contributed by atoms with E-state index in [1.54, 1.807) is 23.1 Å².